The van der Waals surface area contributed by atoms with Crippen molar-refractivity contribution in [1.82, 2.24) is 15.2 Å². The predicted octanol–water partition coefficient (Wildman–Crippen LogP) is 4.32. The molecule has 0 aliphatic carbocycles. The van der Waals surface area contributed by atoms with Gasteiger partial charge in [-0.1, -0.05) is 24.3 Å². The highest BCUT2D eigenvalue weighted by Crippen LogP contribution is 2.34. The first kappa shape index (κ1) is 21.2. The summed E-state index contributed by atoms with van der Waals surface area (Å²) in [5.41, 5.74) is 3.62. The number of piperidine rings is 1. The number of hydrogen-bond acceptors (Lipinski definition) is 4. The molecule has 1 saturated heterocycles. The summed E-state index contributed by atoms with van der Waals surface area (Å²) in [4.78, 5) is 19.0. The van der Waals surface area contributed by atoms with Crippen LogP contribution in [-0.4, -0.2) is 36.0 Å². The van der Waals surface area contributed by atoms with Crippen LogP contribution in [0.4, 0.5) is 4.39 Å². The summed E-state index contributed by atoms with van der Waals surface area (Å²) in [6.45, 7) is 5.90. The molecule has 1 fully saturated rings. The number of ether oxygens (including phenoxy) is 1. The van der Waals surface area contributed by atoms with Crippen LogP contribution in [0, 0.1) is 12.7 Å². The second-order valence-corrected chi connectivity index (χ2v) is 8.40. The van der Waals surface area contributed by atoms with E-state index in [2.05, 4.69) is 41.4 Å². The van der Waals surface area contributed by atoms with Gasteiger partial charge in [-0.2, -0.15) is 0 Å². The number of halogens is 1. The number of amides is 1. The smallest absolute Gasteiger partial charge is 0.218 e. The van der Waals surface area contributed by atoms with E-state index in [4.69, 9.17) is 9.72 Å². The Bertz CT molecular complexity index is 1090. The van der Waals surface area contributed by atoms with E-state index in [1.807, 2.05) is 0 Å². The second kappa shape index (κ2) is 8.63. The number of aryl methyl sites for hydroxylation is 1. The van der Waals surface area contributed by atoms with Gasteiger partial charge in [0.25, 0.3) is 0 Å². The van der Waals surface area contributed by atoms with Crippen LogP contribution in [-0.2, 0) is 16.9 Å². The Hall–Kier alpha value is -2.99. The Balaban J connectivity index is 1.54. The van der Waals surface area contributed by atoms with Gasteiger partial charge in [0, 0.05) is 37.5 Å². The van der Waals surface area contributed by atoms with Crippen LogP contribution in [0.5, 0.6) is 5.88 Å². The lowest BCUT2D eigenvalue weighted by Gasteiger charge is -2.42. The zero-order valence-corrected chi connectivity index (χ0v) is 18.2. The number of likely N-dealkylation sites (tertiary alicyclic amines) is 1. The Morgan fingerprint density at radius 2 is 1.87 bits per heavy atom. The number of fused-ring (bicyclic) bond motifs is 1. The van der Waals surface area contributed by atoms with Gasteiger partial charge in [0.1, 0.15) is 5.82 Å². The molecule has 0 unspecified atom stereocenters. The summed E-state index contributed by atoms with van der Waals surface area (Å²) in [5.74, 6) is 0.300. The monoisotopic (exact) mass is 421 g/mol. The summed E-state index contributed by atoms with van der Waals surface area (Å²) in [5, 5.41) is 4.24. The van der Waals surface area contributed by atoms with Gasteiger partial charge < -0.3 is 10.1 Å². The molecule has 6 heteroatoms. The van der Waals surface area contributed by atoms with Crippen molar-refractivity contribution in [2.75, 3.05) is 20.2 Å². The van der Waals surface area contributed by atoms with Crippen molar-refractivity contribution in [2.24, 2.45) is 0 Å². The summed E-state index contributed by atoms with van der Waals surface area (Å²) >= 11 is 0. The third kappa shape index (κ3) is 4.54. The van der Waals surface area contributed by atoms with E-state index in [1.54, 1.807) is 19.2 Å². The highest BCUT2D eigenvalue weighted by molar-refractivity contribution is 5.80. The quantitative estimate of drug-likeness (QED) is 0.667. The highest BCUT2D eigenvalue weighted by atomic mass is 19.1. The van der Waals surface area contributed by atoms with Crippen LogP contribution < -0.4 is 10.1 Å². The molecule has 0 bridgehead atoms. The molecule has 31 heavy (non-hydrogen) atoms. The van der Waals surface area contributed by atoms with Crippen LogP contribution in [0.25, 0.3) is 10.9 Å². The van der Waals surface area contributed by atoms with Crippen molar-refractivity contribution in [3.63, 3.8) is 0 Å². The fraction of sp³-hybridized carbons (Fsp3) is 0.360. The van der Waals surface area contributed by atoms with Gasteiger partial charge in [0.05, 0.1) is 18.2 Å². The van der Waals surface area contributed by atoms with E-state index in [-0.39, 0.29) is 11.7 Å². The number of aromatic nitrogens is 1. The minimum atomic E-state index is -0.473. The van der Waals surface area contributed by atoms with E-state index < -0.39 is 5.54 Å². The normalized spacial score (nSPS) is 16.3. The molecule has 0 spiro atoms. The zero-order valence-electron chi connectivity index (χ0n) is 18.2. The van der Waals surface area contributed by atoms with E-state index in [9.17, 15) is 9.18 Å². The molecule has 1 amide bonds. The lowest BCUT2D eigenvalue weighted by atomic mass is 9.80. The van der Waals surface area contributed by atoms with Gasteiger partial charge in [-0.05, 0) is 55.2 Å². The second-order valence-electron chi connectivity index (χ2n) is 8.40. The van der Waals surface area contributed by atoms with Gasteiger partial charge in [-0.15, -0.1) is 0 Å². The number of carbonyl (C=O) groups is 1. The average molecular weight is 422 g/mol. The number of carbonyl (C=O) groups excluding carboxylic acids is 1. The van der Waals surface area contributed by atoms with Crippen molar-refractivity contribution in [3.05, 3.63) is 71.0 Å². The Kier molecular flexibility index (Phi) is 5.92. The minimum absolute atomic E-state index is 0.0755. The topological polar surface area (TPSA) is 54.5 Å². The van der Waals surface area contributed by atoms with Gasteiger partial charge >= 0.3 is 0 Å². The third-order valence-corrected chi connectivity index (χ3v) is 6.12. The van der Waals surface area contributed by atoms with Crippen LogP contribution in [0.15, 0.2) is 48.5 Å². The number of pyridine rings is 1. The van der Waals surface area contributed by atoms with Crippen molar-refractivity contribution in [1.29, 1.82) is 0 Å². The molecule has 0 radical (unpaired) electrons. The highest BCUT2D eigenvalue weighted by Gasteiger charge is 2.37. The fourth-order valence-electron chi connectivity index (χ4n) is 4.52. The van der Waals surface area contributed by atoms with Gasteiger partial charge in [0.2, 0.25) is 11.8 Å². The number of rotatable bonds is 5. The van der Waals surface area contributed by atoms with Crippen LogP contribution in [0.1, 0.15) is 36.5 Å². The van der Waals surface area contributed by atoms with Crippen molar-refractivity contribution in [2.45, 2.75) is 38.8 Å². The Morgan fingerprint density at radius 1 is 1.16 bits per heavy atom. The molecular formula is C25H28FN3O2. The lowest BCUT2D eigenvalue weighted by Crippen LogP contribution is -2.52. The molecule has 0 saturated carbocycles. The number of methoxy groups -OCH3 is 1. The van der Waals surface area contributed by atoms with Crippen LogP contribution in [0.3, 0.4) is 0 Å². The lowest BCUT2D eigenvalue weighted by molar-refractivity contribution is -0.121. The molecule has 2 aromatic carbocycles. The maximum absolute atomic E-state index is 13.4. The Labute approximate surface area is 182 Å². The van der Waals surface area contributed by atoms with E-state index in [0.717, 1.165) is 54.5 Å². The zero-order chi connectivity index (χ0) is 22.0. The maximum atomic E-state index is 13.4. The minimum Gasteiger partial charge on any atom is -0.481 e. The largest absolute Gasteiger partial charge is 0.481 e. The third-order valence-electron chi connectivity index (χ3n) is 6.12. The maximum Gasteiger partial charge on any atom is 0.218 e. The van der Waals surface area contributed by atoms with Crippen molar-refractivity contribution < 1.29 is 13.9 Å². The summed E-state index contributed by atoms with van der Waals surface area (Å²) in [6.07, 6.45) is 1.50. The Morgan fingerprint density at radius 3 is 2.52 bits per heavy atom. The summed E-state index contributed by atoms with van der Waals surface area (Å²) in [7, 11) is 1.65. The number of benzene rings is 2. The first-order chi connectivity index (χ1) is 14.9. The number of nitrogens with one attached hydrogen (secondary N) is 1. The molecule has 1 N–H and O–H groups in total. The standard InChI is InChI=1S/C25H28FN3O2/c1-17-4-5-19-15-20(24(31-3)27-23(19)14-17)16-29-12-10-25(11-13-29,28-18(2)30)21-6-8-22(26)9-7-21/h4-9,14-15H,10-13,16H2,1-3H3,(H,28,30). The molecule has 4 rings (SSSR count). The molecule has 1 aliphatic heterocycles. The summed E-state index contributed by atoms with van der Waals surface area (Å²) in [6, 6.07) is 14.9. The molecule has 5 nitrogen and oxygen atoms in total. The van der Waals surface area contributed by atoms with E-state index >= 15 is 0 Å². The van der Waals surface area contributed by atoms with E-state index in [1.165, 1.54) is 24.6 Å². The molecular weight excluding hydrogens is 393 g/mol. The van der Waals surface area contributed by atoms with Crippen molar-refractivity contribution >= 4 is 16.8 Å². The number of hydrogen-bond donors (Lipinski definition) is 1. The summed E-state index contributed by atoms with van der Waals surface area (Å²) < 4.78 is 19.0. The first-order valence-electron chi connectivity index (χ1n) is 10.6. The fourth-order valence-corrected chi connectivity index (χ4v) is 4.52. The van der Waals surface area contributed by atoms with Crippen molar-refractivity contribution in [3.8, 4) is 5.88 Å². The average Bonchev–Trinajstić information content (AvgIpc) is 2.75. The SMILES string of the molecule is COc1nc2cc(C)ccc2cc1CN1CCC(NC(C)=O)(c2ccc(F)cc2)CC1. The number of nitrogens with zero attached hydrogens (tertiary/aromatic N) is 2. The van der Waals surface area contributed by atoms with Gasteiger partial charge in [0.15, 0.2) is 0 Å². The van der Waals surface area contributed by atoms with Gasteiger partial charge in [-0.25, -0.2) is 9.37 Å². The molecule has 162 valence electrons. The van der Waals surface area contributed by atoms with Crippen LogP contribution in [0.2, 0.25) is 0 Å². The predicted molar refractivity (Wildman–Crippen MR) is 119 cm³/mol. The molecule has 3 aromatic rings. The molecule has 2 heterocycles. The van der Waals surface area contributed by atoms with Crippen LogP contribution >= 0.6 is 0 Å². The molecule has 1 aliphatic rings. The van der Waals surface area contributed by atoms with Gasteiger partial charge in [-0.3, -0.25) is 9.69 Å². The van der Waals surface area contributed by atoms with E-state index in [0.29, 0.717) is 5.88 Å². The molecule has 1 aromatic heterocycles. The molecule has 0 atom stereocenters. The first-order valence-corrected chi connectivity index (χ1v) is 10.6.